The number of fused-ring (bicyclic) bond motifs is 1. The van der Waals surface area contributed by atoms with Crippen LogP contribution in [0.1, 0.15) is 31.9 Å². The van der Waals surface area contributed by atoms with Gasteiger partial charge in [-0.2, -0.15) is 22.9 Å². The van der Waals surface area contributed by atoms with Gasteiger partial charge in [-0.3, -0.25) is 4.79 Å². The number of hydrogen-bond donors (Lipinski definition) is 0. The monoisotopic (exact) mass is 547 g/mol. The summed E-state index contributed by atoms with van der Waals surface area (Å²) >= 11 is 12.8. The number of benzene rings is 3. The molecule has 37 heavy (non-hydrogen) atoms. The highest BCUT2D eigenvalue weighted by atomic mass is 35.5. The van der Waals surface area contributed by atoms with E-state index in [1.807, 2.05) is 20.8 Å². The Kier molecular flexibility index (Phi) is 7.35. The molecule has 10 heteroatoms. The average Bonchev–Trinajstić information content (AvgIpc) is 2.81. The summed E-state index contributed by atoms with van der Waals surface area (Å²) in [6, 6.07) is 14.2. The van der Waals surface area contributed by atoms with E-state index in [2.05, 4.69) is 10.1 Å². The van der Waals surface area contributed by atoms with E-state index in [0.717, 1.165) is 16.8 Å². The zero-order valence-electron chi connectivity index (χ0n) is 20.1. The minimum atomic E-state index is -4.56. The van der Waals surface area contributed by atoms with E-state index in [-0.39, 0.29) is 32.2 Å². The lowest BCUT2D eigenvalue weighted by atomic mass is 9.99. The maximum absolute atomic E-state index is 13.4. The third kappa shape index (κ3) is 6.14. The van der Waals surface area contributed by atoms with E-state index in [1.165, 1.54) is 18.3 Å². The third-order valence-corrected chi connectivity index (χ3v) is 5.76. The van der Waals surface area contributed by atoms with Gasteiger partial charge in [-0.25, -0.2) is 4.98 Å². The highest BCUT2D eigenvalue weighted by Crippen LogP contribution is 2.35. The summed E-state index contributed by atoms with van der Waals surface area (Å²) in [4.78, 5) is 17.8. The molecule has 4 rings (SSSR count). The van der Waals surface area contributed by atoms with Gasteiger partial charge in [0.1, 0.15) is 0 Å². The number of alkyl halides is 3. The van der Waals surface area contributed by atoms with Crippen LogP contribution >= 0.6 is 23.2 Å². The van der Waals surface area contributed by atoms with Crippen molar-refractivity contribution >= 4 is 40.3 Å². The van der Waals surface area contributed by atoms with E-state index in [4.69, 9.17) is 27.9 Å². The number of para-hydroxylation sites is 1. The van der Waals surface area contributed by atoms with Crippen molar-refractivity contribution in [2.45, 2.75) is 26.9 Å². The van der Waals surface area contributed by atoms with Crippen molar-refractivity contribution in [1.29, 1.82) is 0 Å². The number of nitrogens with zero attached hydrogens (tertiary/aromatic N) is 3. The molecule has 0 radical (unpaired) electrons. The lowest BCUT2D eigenvalue weighted by Crippen LogP contribution is -2.20. The number of ether oxygens (including phenoxy) is 1. The second-order valence-corrected chi connectivity index (χ2v) is 10.4. The molecule has 192 valence electrons. The first kappa shape index (κ1) is 26.7. The van der Waals surface area contributed by atoms with Crippen LogP contribution in [0.5, 0.6) is 5.75 Å². The Hall–Kier alpha value is -3.36. The predicted octanol–water partition coefficient (Wildman–Crippen LogP) is 7.70. The largest absolute Gasteiger partial charge is 0.490 e. The van der Waals surface area contributed by atoms with Gasteiger partial charge in [-0.05, 0) is 47.4 Å². The Balaban J connectivity index is 1.81. The summed E-state index contributed by atoms with van der Waals surface area (Å²) in [5, 5.41) is 5.03. The zero-order chi connectivity index (χ0) is 27.0. The molecule has 5 nitrogen and oxygen atoms in total. The Morgan fingerprint density at radius 3 is 2.32 bits per heavy atom. The third-order valence-electron chi connectivity index (χ3n) is 5.19. The van der Waals surface area contributed by atoms with Gasteiger partial charge < -0.3 is 4.74 Å². The summed E-state index contributed by atoms with van der Waals surface area (Å²) < 4.78 is 46.8. The van der Waals surface area contributed by atoms with Crippen LogP contribution < -0.4 is 10.3 Å². The van der Waals surface area contributed by atoms with Crippen LogP contribution in [0.25, 0.3) is 22.3 Å². The van der Waals surface area contributed by atoms with Gasteiger partial charge in [0.2, 0.25) is 0 Å². The maximum Gasteiger partial charge on any atom is 0.416 e. The minimum absolute atomic E-state index is 0.0478. The molecule has 1 aromatic heterocycles. The van der Waals surface area contributed by atoms with E-state index in [0.29, 0.717) is 23.4 Å². The molecule has 0 aliphatic heterocycles. The van der Waals surface area contributed by atoms with Crippen LogP contribution in [0, 0.1) is 5.41 Å². The molecule has 0 fully saturated rings. The molecule has 0 spiro atoms. The summed E-state index contributed by atoms with van der Waals surface area (Å²) in [6.45, 7) is 6.41. The summed E-state index contributed by atoms with van der Waals surface area (Å²) in [6.07, 6.45) is -3.23. The quantitative estimate of drug-likeness (QED) is 0.240. The van der Waals surface area contributed by atoms with Crippen molar-refractivity contribution in [2.75, 3.05) is 6.61 Å². The molecule has 0 aliphatic carbocycles. The molecule has 0 saturated heterocycles. The van der Waals surface area contributed by atoms with Crippen LogP contribution in [0.4, 0.5) is 13.2 Å². The van der Waals surface area contributed by atoms with Gasteiger partial charge in [0.05, 0.1) is 39.3 Å². The molecular weight excluding hydrogens is 526 g/mol. The molecule has 3 aromatic carbocycles. The molecule has 0 aliphatic rings. The van der Waals surface area contributed by atoms with Crippen molar-refractivity contribution in [3.05, 3.63) is 92.2 Å². The van der Waals surface area contributed by atoms with Gasteiger partial charge >= 0.3 is 6.18 Å². The van der Waals surface area contributed by atoms with Gasteiger partial charge in [0.15, 0.2) is 11.6 Å². The first-order valence-corrected chi connectivity index (χ1v) is 11.9. The van der Waals surface area contributed by atoms with Gasteiger partial charge in [0, 0.05) is 5.56 Å². The zero-order valence-corrected chi connectivity index (χ0v) is 21.6. The van der Waals surface area contributed by atoms with Crippen molar-refractivity contribution in [1.82, 2.24) is 9.66 Å². The summed E-state index contributed by atoms with van der Waals surface area (Å²) in [5.74, 6) is 0.276. The highest BCUT2D eigenvalue weighted by Gasteiger charge is 2.31. The Bertz CT molecular complexity index is 1530. The lowest BCUT2D eigenvalue weighted by Gasteiger charge is -2.20. The first-order chi connectivity index (χ1) is 17.3. The molecule has 0 unspecified atom stereocenters. The highest BCUT2D eigenvalue weighted by molar-refractivity contribution is 6.37. The molecule has 1 heterocycles. The number of hydrogen-bond acceptors (Lipinski definition) is 4. The van der Waals surface area contributed by atoms with Gasteiger partial charge in [0.25, 0.3) is 5.56 Å². The fourth-order valence-electron chi connectivity index (χ4n) is 3.46. The van der Waals surface area contributed by atoms with Crippen molar-refractivity contribution in [3.63, 3.8) is 0 Å². The molecule has 0 N–H and O–H groups in total. The SMILES string of the molecule is CC(C)(C)COc1c(Cl)cc(C=Nn2c(-c3cccc(C(F)(F)F)c3)nc3ccccc3c2=O)cc1Cl. The standard InChI is InChI=1S/C27H22Cl2F3N3O2/c1-26(2,3)15-37-23-20(28)11-16(12-21(23)29)14-33-35-24(17-7-6-8-18(13-17)27(30,31)32)34-22-10-5-4-9-19(22)25(35)36/h4-14H,15H2,1-3H3. The van der Waals surface area contributed by atoms with Gasteiger partial charge in [-0.1, -0.05) is 68.2 Å². The second kappa shape index (κ2) is 10.2. The number of halogens is 5. The fourth-order valence-corrected chi connectivity index (χ4v) is 4.07. The van der Waals surface area contributed by atoms with Crippen molar-refractivity contribution in [2.24, 2.45) is 10.5 Å². The minimum Gasteiger partial charge on any atom is -0.490 e. The predicted molar refractivity (Wildman–Crippen MR) is 141 cm³/mol. The fraction of sp³-hybridized carbons (Fsp3) is 0.222. The normalized spacial score (nSPS) is 12.4. The van der Waals surface area contributed by atoms with E-state index in [9.17, 15) is 18.0 Å². The Morgan fingerprint density at radius 1 is 1.00 bits per heavy atom. The molecular formula is C27H22Cl2F3N3O2. The Labute approximate surface area is 221 Å². The number of rotatable bonds is 5. The van der Waals surface area contributed by atoms with Crippen LogP contribution in [-0.4, -0.2) is 22.5 Å². The average molecular weight is 548 g/mol. The molecule has 0 bridgehead atoms. The second-order valence-electron chi connectivity index (χ2n) is 9.56. The summed E-state index contributed by atoms with van der Waals surface area (Å²) in [7, 11) is 0. The lowest BCUT2D eigenvalue weighted by molar-refractivity contribution is -0.137. The van der Waals surface area contributed by atoms with Gasteiger partial charge in [-0.15, -0.1) is 0 Å². The maximum atomic E-state index is 13.4. The number of aromatic nitrogens is 2. The summed E-state index contributed by atoms with van der Waals surface area (Å²) in [5.41, 5.74) is -0.664. The molecule has 0 amide bonds. The van der Waals surface area contributed by atoms with Crippen LogP contribution in [-0.2, 0) is 6.18 Å². The van der Waals surface area contributed by atoms with Crippen LogP contribution in [0.3, 0.4) is 0 Å². The smallest absolute Gasteiger partial charge is 0.416 e. The van der Waals surface area contributed by atoms with Crippen molar-refractivity contribution in [3.8, 4) is 17.1 Å². The molecule has 4 aromatic rings. The molecule has 0 saturated carbocycles. The van der Waals surface area contributed by atoms with E-state index >= 15 is 0 Å². The first-order valence-electron chi connectivity index (χ1n) is 11.2. The van der Waals surface area contributed by atoms with Crippen molar-refractivity contribution < 1.29 is 17.9 Å². The Morgan fingerprint density at radius 2 is 1.68 bits per heavy atom. The van der Waals surface area contributed by atoms with E-state index < -0.39 is 17.3 Å². The van der Waals surface area contributed by atoms with Crippen LogP contribution in [0.2, 0.25) is 10.0 Å². The molecule has 0 atom stereocenters. The van der Waals surface area contributed by atoms with E-state index in [1.54, 1.807) is 36.4 Å². The van der Waals surface area contributed by atoms with Crippen LogP contribution in [0.15, 0.2) is 70.6 Å². The topological polar surface area (TPSA) is 56.5 Å².